The van der Waals surface area contributed by atoms with Crippen LogP contribution in [0.25, 0.3) is 16.5 Å². The van der Waals surface area contributed by atoms with Gasteiger partial charge < -0.3 is 20.3 Å². The normalized spacial score (nSPS) is 20.6. The van der Waals surface area contributed by atoms with Gasteiger partial charge in [-0.1, -0.05) is 17.7 Å². The molecule has 0 saturated heterocycles. The van der Waals surface area contributed by atoms with E-state index in [0.29, 0.717) is 24.7 Å². The summed E-state index contributed by atoms with van der Waals surface area (Å²) in [6, 6.07) is 5.54. The standard InChI is InChI=1S/C19H24ClN3O2/c1-3-23(4-2)19(25)13-8-15(17(11-24)22-10-13)16-9-14(20)7-12-5-6-21-18(12)16/h5-9,13,17,21-22,24H,3-4,10-11H2,1-2H3. The summed E-state index contributed by atoms with van der Waals surface area (Å²) < 4.78 is 0. The largest absolute Gasteiger partial charge is 0.394 e. The van der Waals surface area contributed by atoms with Gasteiger partial charge in [0.2, 0.25) is 5.91 Å². The zero-order valence-corrected chi connectivity index (χ0v) is 15.3. The van der Waals surface area contributed by atoms with Crippen LogP contribution in [0.4, 0.5) is 0 Å². The molecule has 3 rings (SSSR count). The molecule has 1 aromatic heterocycles. The van der Waals surface area contributed by atoms with Crippen LogP contribution in [-0.2, 0) is 4.79 Å². The van der Waals surface area contributed by atoms with Gasteiger partial charge in [0.05, 0.1) is 24.1 Å². The number of nitrogens with one attached hydrogen (secondary N) is 2. The van der Waals surface area contributed by atoms with E-state index in [0.717, 1.165) is 22.0 Å². The van der Waals surface area contributed by atoms with E-state index >= 15 is 0 Å². The topological polar surface area (TPSA) is 68.4 Å². The summed E-state index contributed by atoms with van der Waals surface area (Å²) in [4.78, 5) is 17.8. The number of hydrogen-bond acceptors (Lipinski definition) is 3. The molecule has 5 nitrogen and oxygen atoms in total. The molecule has 25 heavy (non-hydrogen) atoms. The van der Waals surface area contributed by atoms with Crippen molar-refractivity contribution in [3.05, 3.63) is 41.1 Å². The lowest BCUT2D eigenvalue weighted by Crippen LogP contribution is -2.46. The van der Waals surface area contributed by atoms with Crippen molar-refractivity contribution in [3.63, 3.8) is 0 Å². The van der Waals surface area contributed by atoms with Crippen LogP contribution < -0.4 is 5.32 Å². The molecule has 0 aliphatic carbocycles. The molecule has 0 radical (unpaired) electrons. The second kappa shape index (κ2) is 7.60. The number of benzene rings is 1. The van der Waals surface area contributed by atoms with E-state index in [1.54, 1.807) is 0 Å². The summed E-state index contributed by atoms with van der Waals surface area (Å²) >= 11 is 6.29. The summed E-state index contributed by atoms with van der Waals surface area (Å²) in [6.45, 7) is 5.84. The lowest BCUT2D eigenvalue weighted by Gasteiger charge is -2.31. The van der Waals surface area contributed by atoms with E-state index in [-0.39, 0.29) is 24.5 Å². The number of carbonyl (C=O) groups is 1. The first kappa shape index (κ1) is 18.0. The quantitative estimate of drug-likeness (QED) is 0.767. The molecule has 2 aromatic rings. The van der Waals surface area contributed by atoms with Gasteiger partial charge in [-0.2, -0.15) is 0 Å². The smallest absolute Gasteiger partial charge is 0.230 e. The Morgan fingerprint density at radius 2 is 2.12 bits per heavy atom. The Morgan fingerprint density at radius 3 is 2.80 bits per heavy atom. The van der Waals surface area contributed by atoms with Crippen LogP contribution in [-0.4, -0.2) is 53.2 Å². The zero-order valence-electron chi connectivity index (χ0n) is 14.6. The fourth-order valence-corrected chi connectivity index (χ4v) is 3.73. The van der Waals surface area contributed by atoms with E-state index < -0.39 is 0 Å². The average molecular weight is 362 g/mol. The molecular weight excluding hydrogens is 338 g/mol. The molecule has 2 heterocycles. The van der Waals surface area contributed by atoms with Gasteiger partial charge in [0.15, 0.2) is 0 Å². The zero-order chi connectivity index (χ0) is 18.0. The van der Waals surface area contributed by atoms with E-state index in [9.17, 15) is 9.90 Å². The third kappa shape index (κ3) is 3.45. The number of carbonyl (C=O) groups excluding carboxylic acids is 1. The van der Waals surface area contributed by atoms with Crippen molar-refractivity contribution in [1.29, 1.82) is 0 Å². The Kier molecular flexibility index (Phi) is 5.47. The van der Waals surface area contributed by atoms with Crippen molar-refractivity contribution in [2.75, 3.05) is 26.2 Å². The molecule has 2 unspecified atom stereocenters. The molecule has 3 N–H and O–H groups in total. The SMILES string of the molecule is CCN(CC)C(=O)C1C=C(c2cc(Cl)cc3cc[nH]c23)C(CO)NC1. The van der Waals surface area contributed by atoms with Crippen LogP contribution in [0.2, 0.25) is 5.02 Å². The summed E-state index contributed by atoms with van der Waals surface area (Å²) in [5, 5.41) is 14.8. The third-order valence-corrected chi connectivity index (χ3v) is 5.07. The number of fused-ring (bicyclic) bond motifs is 1. The molecule has 2 atom stereocenters. The fourth-order valence-electron chi connectivity index (χ4n) is 3.50. The van der Waals surface area contributed by atoms with Gasteiger partial charge in [0.25, 0.3) is 0 Å². The highest BCUT2D eigenvalue weighted by molar-refractivity contribution is 6.31. The molecule has 1 aromatic carbocycles. The van der Waals surface area contributed by atoms with Crippen LogP contribution in [0, 0.1) is 5.92 Å². The predicted molar refractivity (Wildman–Crippen MR) is 102 cm³/mol. The Labute approximate surface area is 152 Å². The molecule has 1 amide bonds. The Hall–Kier alpha value is -1.82. The van der Waals surface area contributed by atoms with Crippen LogP contribution >= 0.6 is 11.6 Å². The summed E-state index contributed by atoms with van der Waals surface area (Å²) in [7, 11) is 0. The number of nitrogens with zero attached hydrogens (tertiary/aromatic N) is 1. The van der Waals surface area contributed by atoms with Gasteiger partial charge in [0.1, 0.15) is 0 Å². The molecular formula is C19H24ClN3O2. The summed E-state index contributed by atoms with van der Waals surface area (Å²) in [5.74, 6) is -0.141. The highest BCUT2D eigenvalue weighted by Crippen LogP contribution is 2.32. The molecule has 0 saturated carbocycles. The predicted octanol–water partition coefficient (Wildman–Crippen LogP) is 2.65. The first-order chi connectivity index (χ1) is 12.1. The molecule has 1 aliphatic rings. The second-order valence-corrected chi connectivity index (χ2v) is 6.71. The van der Waals surface area contributed by atoms with Crippen LogP contribution in [0.15, 0.2) is 30.5 Å². The lowest BCUT2D eigenvalue weighted by molar-refractivity contribution is -0.133. The minimum absolute atomic E-state index is 0.0350. The first-order valence-corrected chi connectivity index (χ1v) is 9.08. The molecule has 0 bridgehead atoms. The van der Waals surface area contributed by atoms with Crippen LogP contribution in [0.1, 0.15) is 19.4 Å². The monoisotopic (exact) mass is 361 g/mol. The van der Waals surface area contributed by atoms with Crippen molar-refractivity contribution in [2.24, 2.45) is 5.92 Å². The Bertz CT molecular complexity index is 795. The molecule has 1 aliphatic heterocycles. The van der Waals surface area contributed by atoms with Crippen molar-refractivity contribution in [3.8, 4) is 0 Å². The maximum Gasteiger partial charge on any atom is 0.230 e. The molecule has 6 heteroatoms. The molecule has 0 fully saturated rings. The summed E-state index contributed by atoms with van der Waals surface area (Å²) in [6.07, 6.45) is 3.86. The van der Waals surface area contributed by atoms with E-state index in [1.165, 1.54) is 0 Å². The van der Waals surface area contributed by atoms with Gasteiger partial charge in [-0.25, -0.2) is 0 Å². The van der Waals surface area contributed by atoms with Crippen LogP contribution in [0.3, 0.4) is 0 Å². The van der Waals surface area contributed by atoms with Gasteiger partial charge in [0, 0.05) is 41.8 Å². The van der Waals surface area contributed by atoms with Gasteiger partial charge in [-0.3, -0.25) is 4.79 Å². The van der Waals surface area contributed by atoms with Gasteiger partial charge in [-0.05, 0) is 37.6 Å². The Balaban J connectivity index is 2.06. The van der Waals surface area contributed by atoms with E-state index in [2.05, 4.69) is 10.3 Å². The highest BCUT2D eigenvalue weighted by atomic mass is 35.5. The van der Waals surface area contributed by atoms with E-state index in [1.807, 2.05) is 49.2 Å². The third-order valence-electron chi connectivity index (χ3n) is 4.85. The minimum atomic E-state index is -0.248. The van der Waals surface area contributed by atoms with Crippen LogP contribution in [0.5, 0.6) is 0 Å². The average Bonchev–Trinajstić information content (AvgIpc) is 3.09. The van der Waals surface area contributed by atoms with Crippen molar-refractivity contribution >= 4 is 34.0 Å². The van der Waals surface area contributed by atoms with Gasteiger partial charge >= 0.3 is 0 Å². The lowest BCUT2D eigenvalue weighted by atomic mass is 9.89. The van der Waals surface area contributed by atoms with Crippen molar-refractivity contribution < 1.29 is 9.90 Å². The van der Waals surface area contributed by atoms with E-state index in [4.69, 9.17) is 11.6 Å². The number of rotatable bonds is 5. The molecule has 0 spiro atoms. The number of aromatic amines is 1. The maximum absolute atomic E-state index is 12.8. The number of aliphatic hydroxyl groups is 1. The maximum atomic E-state index is 12.8. The fraction of sp³-hybridized carbons (Fsp3) is 0.421. The number of amides is 1. The number of hydrogen-bond donors (Lipinski definition) is 3. The van der Waals surface area contributed by atoms with Crippen molar-refractivity contribution in [1.82, 2.24) is 15.2 Å². The molecule has 134 valence electrons. The second-order valence-electron chi connectivity index (χ2n) is 6.28. The minimum Gasteiger partial charge on any atom is -0.394 e. The number of halogens is 1. The highest BCUT2D eigenvalue weighted by Gasteiger charge is 2.29. The van der Waals surface area contributed by atoms with Crippen molar-refractivity contribution in [2.45, 2.75) is 19.9 Å². The number of aromatic nitrogens is 1. The number of H-pyrrole nitrogens is 1. The Morgan fingerprint density at radius 1 is 1.36 bits per heavy atom. The van der Waals surface area contributed by atoms with Gasteiger partial charge in [-0.15, -0.1) is 0 Å². The first-order valence-electron chi connectivity index (χ1n) is 8.70. The number of aliphatic hydroxyl groups excluding tert-OH is 1. The summed E-state index contributed by atoms with van der Waals surface area (Å²) in [5.41, 5.74) is 2.80.